The molecule has 1 aromatic carbocycles. The quantitative estimate of drug-likeness (QED) is 0.911. The van der Waals surface area contributed by atoms with Gasteiger partial charge in [-0.2, -0.15) is 0 Å². The van der Waals surface area contributed by atoms with Gasteiger partial charge in [-0.1, -0.05) is 19.1 Å². The van der Waals surface area contributed by atoms with Crippen molar-refractivity contribution in [2.24, 2.45) is 0 Å². The molecule has 0 spiro atoms. The molecule has 1 fully saturated rings. The number of benzene rings is 1. The highest BCUT2D eigenvalue weighted by molar-refractivity contribution is 5.49. The molecule has 0 radical (unpaired) electrons. The van der Waals surface area contributed by atoms with Crippen LogP contribution in [0.15, 0.2) is 24.3 Å². The summed E-state index contributed by atoms with van der Waals surface area (Å²) in [6, 6.07) is 10.2. The van der Waals surface area contributed by atoms with E-state index in [9.17, 15) is 0 Å². The van der Waals surface area contributed by atoms with E-state index in [4.69, 9.17) is 0 Å². The topological polar surface area (TPSA) is 18.5 Å². The molecule has 2 rings (SSSR count). The third-order valence-electron chi connectivity index (χ3n) is 4.43. The zero-order chi connectivity index (χ0) is 14.5. The first-order chi connectivity index (χ1) is 9.65. The summed E-state index contributed by atoms with van der Waals surface area (Å²) in [5, 5.41) is 3.37. The maximum atomic E-state index is 3.37. The second kappa shape index (κ2) is 7.09. The molecule has 112 valence electrons. The largest absolute Gasteiger partial charge is 0.367 e. The molecule has 0 saturated carbocycles. The van der Waals surface area contributed by atoms with Crippen LogP contribution in [0.2, 0.25) is 0 Å². The highest BCUT2D eigenvalue weighted by atomic mass is 15.2. The summed E-state index contributed by atoms with van der Waals surface area (Å²) in [5.41, 5.74) is 2.75. The highest BCUT2D eigenvalue weighted by Gasteiger charge is 2.19. The number of nitrogens with one attached hydrogen (secondary N) is 1. The molecule has 0 amide bonds. The van der Waals surface area contributed by atoms with Crippen molar-refractivity contribution in [1.29, 1.82) is 0 Å². The van der Waals surface area contributed by atoms with Crippen LogP contribution in [0.3, 0.4) is 0 Å². The minimum atomic E-state index is 0.469. The van der Waals surface area contributed by atoms with Crippen LogP contribution in [0.1, 0.15) is 38.3 Å². The van der Waals surface area contributed by atoms with Gasteiger partial charge in [-0.3, -0.25) is 0 Å². The van der Waals surface area contributed by atoms with E-state index >= 15 is 0 Å². The lowest BCUT2D eigenvalue weighted by Gasteiger charge is -2.30. The van der Waals surface area contributed by atoms with Gasteiger partial charge in [0.05, 0.1) is 0 Å². The molecule has 20 heavy (non-hydrogen) atoms. The summed E-state index contributed by atoms with van der Waals surface area (Å²) in [6.45, 7) is 8.07. The average molecular weight is 275 g/mol. The second-order valence-corrected chi connectivity index (χ2v) is 6.00. The van der Waals surface area contributed by atoms with Crippen molar-refractivity contribution in [3.63, 3.8) is 0 Å². The van der Waals surface area contributed by atoms with E-state index in [1.165, 1.54) is 24.2 Å². The minimum absolute atomic E-state index is 0.469. The van der Waals surface area contributed by atoms with Crippen LogP contribution in [0.25, 0.3) is 0 Å². The molecular formula is C17H29N3. The lowest BCUT2D eigenvalue weighted by molar-refractivity contribution is 0.337. The lowest BCUT2D eigenvalue weighted by Crippen LogP contribution is -2.37. The Labute approximate surface area is 124 Å². The van der Waals surface area contributed by atoms with E-state index in [0.29, 0.717) is 12.1 Å². The van der Waals surface area contributed by atoms with Crippen LogP contribution in [0.5, 0.6) is 0 Å². The van der Waals surface area contributed by atoms with Gasteiger partial charge in [0.15, 0.2) is 0 Å². The summed E-state index contributed by atoms with van der Waals surface area (Å²) < 4.78 is 0. The Morgan fingerprint density at radius 1 is 1.25 bits per heavy atom. The highest BCUT2D eigenvalue weighted by Crippen LogP contribution is 2.23. The SMILES string of the molecule is CCC(NC)c1ccc(N2CCCN(C)CC2C)cc1. The van der Waals surface area contributed by atoms with Crippen molar-refractivity contribution in [1.82, 2.24) is 10.2 Å². The average Bonchev–Trinajstić information content (AvgIpc) is 2.62. The molecule has 1 aliphatic rings. The molecule has 1 saturated heterocycles. The van der Waals surface area contributed by atoms with Crippen LogP contribution in [-0.2, 0) is 0 Å². The Bertz CT molecular complexity index is 397. The van der Waals surface area contributed by atoms with Crippen molar-refractivity contribution < 1.29 is 0 Å². The van der Waals surface area contributed by atoms with Gasteiger partial charge < -0.3 is 15.1 Å². The van der Waals surface area contributed by atoms with Crippen molar-refractivity contribution in [2.45, 2.75) is 38.8 Å². The monoisotopic (exact) mass is 275 g/mol. The standard InChI is InChI=1S/C17H29N3/c1-5-17(18-3)15-7-9-16(10-8-15)20-12-6-11-19(4)13-14(20)2/h7-10,14,17-18H,5-6,11-13H2,1-4H3. The van der Waals surface area contributed by atoms with Gasteiger partial charge >= 0.3 is 0 Å². The first-order valence-corrected chi connectivity index (χ1v) is 7.88. The number of likely N-dealkylation sites (N-methyl/N-ethyl adjacent to an activating group) is 1. The van der Waals surface area contributed by atoms with Crippen molar-refractivity contribution in [3.05, 3.63) is 29.8 Å². The summed E-state index contributed by atoms with van der Waals surface area (Å²) in [4.78, 5) is 4.99. The third kappa shape index (κ3) is 3.53. The molecule has 0 aliphatic carbocycles. The van der Waals surface area contributed by atoms with Crippen molar-refractivity contribution >= 4 is 5.69 Å². The Kier molecular flexibility index (Phi) is 5.44. The van der Waals surface area contributed by atoms with Gasteiger partial charge in [0, 0.05) is 30.9 Å². The van der Waals surface area contributed by atoms with Gasteiger partial charge in [0.25, 0.3) is 0 Å². The molecule has 1 aliphatic heterocycles. The predicted molar refractivity (Wildman–Crippen MR) is 87.5 cm³/mol. The molecule has 1 aromatic rings. The van der Waals surface area contributed by atoms with E-state index in [1.54, 1.807) is 0 Å². The summed E-state index contributed by atoms with van der Waals surface area (Å²) in [6.07, 6.45) is 2.37. The maximum Gasteiger partial charge on any atom is 0.0388 e. The van der Waals surface area contributed by atoms with Crippen LogP contribution < -0.4 is 10.2 Å². The van der Waals surface area contributed by atoms with E-state index in [0.717, 1.165) is 19.5 Å². The Morgan fingerprint density at radius 2 is 1.95 bits per heavy atom. The van der Waals surface area contributed by atoms with Crippen LogP contribution in [-0.4, -0.2) is 44.7 Å². The van der Waals surface area contributed by atoms with Gasteiger partial charge in [-0.25, -0.2) is 0 Å². The fraction of sp³-hybridized carbons (Fsp3) is 0.647. The van der Waals surface area contributed by atoms with Gasteiger partial charge in [-0.05, 0) is 58.1 Å². The first kappa shape index (κ1) is 15.3. The third-order valence-corrected chi connectivity index (χ3v) is 4.43. The Morgan fingerprint density at radius 3 is 2.55 bits per heavy atom. The molecule has 0 bridgehead atoms. The van der Waals surface area contributed by atoms with Gasteiger partial charge in [0.1, 0.15) is 0 Å². The first-order valence-electron chi connectivity index (χ1n) is 7.88. The molecule has 2 unspecified atom stereocenters. The molecule has 3 heteroatoms. The van der Waals surface area contributed by atoms with Crippen LogP contribution in [0.4, 0.5) is 5.69 Å². The number of anilines is 1. The minimum Gasteiger partial charge on any atom is -0.367 e. The molecule has 1 N–H and O–H groups in total. The fourth-order valence-corrected chi connectivity index (χ4v) is 3.26. The van der Waals surface area contributed by atoms with Crippen molar-refractivity contribution in [3.8, 4) is 0 Å². The van der Waals surface area contributed by atoms with E-state index in [1.807, 2.05) is 7.05 Å². The van der Waals surface area contributed by atoms with Crippen molar-refractivity contribution in [2.75, 3.05) is 38.6 Å². The fourth-order valence-electron chi connectivity index (χ4n) is 3.26. The molecule has 1 heterocycles. The lowest BCUT2D eigenvalue weighted by atomic mass is 10.0. The van der Waals surface area contributed by atoms with Gasteiger partial charge in [-0.15, -0.1) is 0 Å². The number of hydrogen-bond acceptors (Lipinski definition) is 3. The zero-order valence-electron chi connectivity index (χ0n) is 13.4. The molecule has 3 nitrogen and oxygen atoms in total. The van der Waals surface area contributed by atoms with Gasteiger partial charge in [0.2, 0.25) is 0 Å². The normalized spacial score (nSPS) is 22.6. The Balaban J connectivity index is 2.12. The van der Waals surface area contributed by atoms with Crippen LogP contribution >= 0.6 is 0 Å². The molecule has 0 aromatic heterocycles. The number of nitrogens with zero attached hydrogens (tertiary/aromatic N) is 2. The predicted octanol–water partition coefficient (Wildman–Crippen LogP) is 2.89. The van der Waals surface area contributed by atoms with Crippen LogP contribution in [0, 0.1) is 0 Å². The smallest absolute Gasteiger partial charge is 0.0388 e. The van der Waals surface area contributed by atoms with E-state index in [2.05, 4.69) is 60.3 Å². The summed E-state index contributed by atoms with van der Waals surface area (Å²) in [5.74, 6) is 0. The zero-order valence-corrected chi connectivity index (χ0v) is 13.4. The second-order valence-electron chi connectivity index (χ2n) is 6.00. The number of rotatable bonds is 4. The summed E-state index contributed by atoms with van der Waals surface area (Å²) >= 11 is 0. The van der Waals surface area contributed by atoms with E-state index < -0.39 is 0 Å². The molecule has 2 atom stereocenters. The molecular weight excluding hydrogens is 246 g/mol. The van der Waals surface area contributed by atoms with E-state index in [-0.39, 0.29) is 0 Å². The number of hydrogen-bond donors (Lipinski definition) is 1. The maximum absolute atomic E-state index is 3.37. The summed E-state index contributed by atoms with van der Waals surface area (Å²) in [7, 11) is 4.26. The Hall–Kier alpha value is -1.06.